The number of allylic oxidation sites excluding steroid dienone is 1. The molecule has 2 aromatic rings. The van der Waals surface area contributed by atoms with Gasteiger partial charge in [0.15, 0.2) is 0 Å². The lowest BCUT2D eigenvalue weighted by molar-refractivity contribution is -0.174. The lowest BCUT2D eigenvalue weighted by atomic mass is 9.49. The van der Waals surface area contributed by atoms with Gasteiger partial charge in [-0.2, -0.15) is 5.26 Å². The third-order valence-electron chi connectivity index (χ3n) is 17.7. The SMILES string of the molecule is CN1C=C(c2cc(C(C)(C)O)ccc2OC2CCC(N3CC(OC4CCN(C5NCC(C(=O)NC6C(C)(C)C(Oc7ccc(C#N)c(Cl)c7)C6(C)C)CN5)CC4)C3)CC2)C2CC(C3C=CCC3)NC2C1=O. The maximum absolute atomic E-state index is 13.7. The van der Waals surface area contributed by atoms with Gasteiger partial charge in [-0.1, -0.05) is 57.5 Å². The molecule has 2 saturated carbocycles. The van der Waals surface area contributed by atoms with Gasteiger partial charge in [-0.05, 0) is 113 Å². The Morgan fingerprint density at radius 2 is 1.63 bits per heavy atom. The van der Waals surface area contributed by atoms with Crippen LogP contribution in [0.1, 0.15) is 116 Å². The van der Waals surface area contributed by atoms with E-state index in [-0.39, 0.29) is 83.3 Å². The first-order chi connectivity index (χ1) is 33.9. The third kappa shape index (κ3) is 10.2. The summed E-state index contributed by atoms with van der Waals surface area (Å²) >= 11 is 6.29. The highest BCUT2D eigenvalue weighted by atomic mass is 35.5. The van der Waals surface area contributed by atoms with Crippen LogP contribution in [0.25, 0.3) is 5.57 Å². The molecule has 4 unspecified atom stereocenters. The quantitative estimate of drug-likeness (QED) is 0.139. The van der Waals surface area contributed by atoms with Crippen LogP contribution in [-0.4, -0.2) is 133 Å². The largest absolute Gasteiger partial charge is 0.490 e. The normalized spacial score (nSPS) is 33.4. The minimum Gasteiger partial charge on any atom is -0.490 e. The zero-order valence-electron chi connectivity index (χ0n) is 42.9. The van der Waals surface area contributed by atoms with Crippen molar-refractivity contribution in [3.8, 4) is 17.6 Å². The molecule has 2 amide bonds. The molecule has 5 heterocycles. The van der Waals surface area contributed by atoms with E-state index in [9.17, 15) is 20.0 Å². The molecule has 71 heavy (non-hydrogen) atoms. The van der Waals surface area contributed by atoms with Crippen molar-refractivity contribution < 1.29 is 28.9 Å². The van der Waals surface area contributed by atoms with Crippen LogP contribution in [0.15, 0.2) is 54.8 Å². The third-order valence-corrected chi connectivity index (χ3v) is 18.0. The molecule has 0 bridgehead atoms. The van der Waals surface area contributed by atoms with Crippen LogP contribution in [0.4, 0.5) is 0 Å². The number of ether oxygens (including phenoxy) is 3. The Morgan fingerprint density at radius 1 is 0.915 bits per heavy atom. The van der Waals surface area contributed by atoms with Gasteiger partial charge in [0.1, 0.15) is 30.0 Å². The number of halogens is 1. The fourth-order valence-electron chi connectivity index (χ4n) is 13.8. The number of fused-ring (bicyclic) bond motifs is 1. The van der Waals surface area contributed by atoms with E-state index in [1.54, 1.807) is 23.1 Å². The molecule has 15 heteroatoms. The van der Waals surface area contributed by atoms with Gasteiger partial charge in [-0.25, -0.2) is 0 Å². The lowest BCUT2D eigenvalue weighted by Gasteiger charge is -2.63. The van der Waals surface area contributed by atoms with Crippen molar-refractivity contribution in [2.75, 3.05) is 46.3 Å². The summed E-state index contributed by atoms with van der Waals surface area (Å²) in [5.41, 5.74) is 1.72. The first-order valence-corrected chi connectivity index (χ1v) is 27.0. The number of aliphatic hydroxyl groups is 1. The summed E-state index contributed by atoms with van der Waals surface area (Å²) in [7, 11) is 1.86. The van der Waals surface area contributed by atoms with E-state index < -0.39 is 5.60 Å². The zero-order chi connectivity index (χ0) is 50.0. The average Bonchev–Trinajstić information content (AvgIpc) is 4.05. The van der Waals surface area contributed by atoms with Crippen molar-refractivity contribution in [3.05, 3.63) is 76.5 Å². The van der Waals surface area contributed by atoms with Crippen LogP contribution >= 0.6 is 11.6 Å². The summed E-state index contributed by atoms with van der Waals surface area (Å²) in [4.78, 5) is 34.0. The van der Waals surface area contributed by atoms with E-state index in [0.717, 1.165) is 106 Å². The molecule has 4 atom stereocenters. The van der Waals surface area contributed by atoms with Crippen molar-refractivity contribution in [1.29, 1.82) is 5.26 Å². The van der Waals surface area contributed by atoms with Crippen molar-refractivity contribution in [1.82, 2.24) is 36.0 Å². The molecule has 3 aliphatic carbocycles. The van der Waals surface area contributed by atoms with Crippen LogP contribution in [0, 0.1) is 39.9 Å². The highest BCUT2D eigenvalue weighted by molar-refractivity contribution is 6.31. The number of carbonyl (C=O) groups excluding carboxylic acids is 2. The van der Waals surface area contributed by atoms with Gasteiger partial charge >= 0.3 is 0 Å². The zero-order valence-corrected chi connectivity index (χ0v) is 43.6. The second-order valence-electron chi connectivity index (χ2n) is 23.8. The van der Waals surface area contributed by atoms with Crippen molar-refractivity contribution in [2.24, 2.45) is 28.6 Å². The molecule has 10 rings (SSSR count). The number of nitrogens with zero attached hydrogens (tertiary/aromatic N) is 4. The van der Waals surface area contributed by atoms with Gasteiger partial charge in [0.05, 0.1) is 46.5 Å². The van der Waals surface area contributed by atoms with Gasteiger partial charge in [0.2, 0.25) is 11.8 Å². The molecule has 14 nitrogen and oxygen atoms in total. The summed E-state index contributed by atoms with van der Waals surface area (Å²) in [6.45, 7) is 17.2. The number of carbonyl (C=O) groups is 2. The Labute approximate surface area is 426 Å². The summed E-state index contributed by atoms with van der Waals surface area (Å²) in [6, 6.07) is 13.8. The lowest BCUT2D eigenvalue weighted by Crippen LogP contribution is -2.75. The topological polar surface area (TPSA) is 164 Å². The van der Waals surface area contributed by atoms with Crippen LogP contribution in [0.3, 0.4) is 0 Å². The molecule has 6 fully saturated rings. The minimum absolute atomic E-state index is 0.0334. The first-order valence-electron chi connectivity index (χ1n) is 26.6. The number of nitriles is 1. The molecule has 0 aromatic heterocycles. The Morgan fingerprint density at radius 3 is 2.28 bits per heavy atom. The number of piperidine rings is 1. The molecule has 4 saturated heterocycles. The first kappa shape index (κ1) is 50.5. The van der Waals surface area contributed by atoms with Gasteiger partial charge in [-0.3, -0.25) is 30.0 Å². The van der Waals surface area contributed by atoms with Gasteiger partial charge in [0, 0.05) is 99.0 Å². The monoisotopic (exact) mass is 993 g/mol. The summed E-state index contributed by atoms with van der Waals surface area (Å²) < 4.78 is 20.0. The van der Waals surface area contributed by atoms with Gasteiger partial charge in [-0.15, -0.1) is 0 Å². The molecule has 5 N–H and O–H groups in total. The Bertz CT molecular complexity index is 2380. The van der Waals surface area contributed by atoms with Crippen LogP contribution < -0.4 is 30.7 Å². The van der Waals surface area contributed by atoms with E-state index in [1.165, 1.54) is 0 Å². The summed E-state index contributed by atoms with van der Waals surface area (Å²) in [5, 5.41) is 35.1. The smallest absolute Gasteiger partial charge is 0.244 e. The number of rotatable bonds is 13. The van der Waals surface area contributed by atoms with Crippen molar-refractivity contribution in [3.63, 3.8) is 0 Å². The number of likely N-dealkylation sites (tertiary alicyclic amines) is 2. The average molecular weight is 994 g/mol. The molecule has 384 valence electrons. The van der Waals surface area contributed by atoms with Gasteiger partial charge < -0.3 is 34.9 Å². The van der Waals surface area contributed by atoms with E-state index in [0.29, 0.717) is 41.4 Å². The number of hydrogen-bond acceptors (Lipinski definition) is 12. The molecule has 0 spiro atoms. The molecular formula is C56H77ClN8O6. The maximum Gasteiger partial charge on any atom is 0.244 e. The summed E-state index contributed by atoms with van der Waals surface area (Å²) in [6.07, 6.45) is 16.4. The fraction of sp³-hybridized carbons (Fsp3) is 0.661. The van der Waals surface area contributed by atoms with Crippen LogP contribution in [-0.2, 0) is 19.9 Å². The van der Waals surface area contributed by atoms with E-state index >= 15 is 0 Å². The number of nitrogens with one attached hydrogen (secondary N) is 4. The predicted molar refractivity (Wildman–Crippen MR) is 274 cm³/mol. The second kappa shape index (κ2) is 20.0. The highest BCUT2D eigenvalue weighted by Gasteiger charge is 2.64. The molecule has 0 radical (unpaired) electrons. The Balaban J connectivity index is 0.649. The van der Waals surface area contributed by atoms with Crippen molar-refractivity contribution >= 4 is 29.0 Å². The van der Waals surface area contributed by atoms with E-state index in [2.05, 4.69) is 83.0 Å². The molecule has 8 aliphatic rings. The number of likely N-dealkylation sites (N-methyl/N-ethyl adjacent to an activating group) is 1. The predicted octanol–water partition coefficient (Wildman–Crippen LogP) is 6.51. The molecular weight excluding hydrogens is 916 g/mol. The minimum atomic E-state index is -1.01. The highest BCUT2D eigenvalue weighted by Crippen LogP contribution is 2.56. The van der Waals surface area contributed by atoms with Crippen LogP contribution in [0.5, 0.6) is 11.5 Å². The molecule has 2 aromatic carbocycles. The maximum atomic E-state index is 13.7. The van der Waals surface area contributed by atoms with E-state index in [1.807, 2.05) is 39.2 Å². The second-order valence-corrected chi connectivity index (χ2v) is 24.2. The summed E-state index contributed by atoms with van der Waals surface area (Å²) in [5.74, 6) is 1.94. The fourth-order valence-corrected chi connectivity index (χ4v) is 14.0. The molecule has 5 aliphatic heterocycles. The standard InChI is InChI=1S/C56H77ClN8O6/c1-54(2)51(55(3,4)52(54)71-40-16-12-34(27-58)45(57)25-40)62-49(66)35-28-59-53(60-29-35)64-22-20-39(21-23-64)69-41-30-65(31-41)37-14-17-38(18-15-37)70-47-19-13-36(56(5,6)68)24-42(47)44-32-63(7)50(67)48-43(44)26-46(61-48)33-10-8-9-11-33/h8,10,12-13,16,19,24-25,32-33,35,37-39,41,43,46,48,51-53,59-61,68H,9,11,14-15,17-18,20-23,26,28-31H2,1-7H3,(H,62,66). The van der Waals surface area contributed by atoms with E-state index in [4.69, 9.17) is 25.8 Å². The number of benzene rings is 2. The Kier molecular flexibility index (Phi) is 14.2. The van der Waals surface area contributed by atoms with Crippen LogP contribution in [0.2, 0.25) is 5.02 Å². The Hall–Kier alpha value is -4.04. The number of amides is 2. The van der Waals surface area contributed by atoms with Gasteiger partial charge in [0.25, 0.3) is 0 Å². The number of hydrogen-bond donors (Lipinski definition) is 5. The van der Waals surface area contributed by atoms with Crippen molar-refractivity contribution in [2.45, 2.75) is 160 Å².